The summed E-state index contributed by atoms with van der Waals surface area (Å²) >= 11 is 0. The van der Waals surface area contributed by atoms with Gasteiger partial charge >= 0.3 is 0 Å². The number of ether oxygens (including phenoxy) is 1. The fourth-order valence-corrected chi connectivity index (χ4v) is 2.35. The molecule has 0 aromatic carbocycles. The first-order chi connectivity index (χ1) is 13.6. The van der Waals surface area contributed by atoms with E-state index in [0.717, 1.165) is 23.9 Å². The van der Waals surface area contributed by atoms with Gasteiger partial charge in [-0.3, -0.25) is 4.79 Å². The van der Waals surface area contributed by atoms with Crippen molar-refractivity contribution in [2.24, 2.45) is 5.73 Å². The summed E-state index contributed by atoms with van der Waals surface area (Å²) in [4.78, 5) is 20.1. The molecule has 1 aromatic rings. The van der Waals surface area contributed by atoms with Crippen molar-refractivity contribution in [1.82, 2.24) is 15.3 Å². The molecule has 0 unspecified atom stereocenters. The third-order valence-corrected chi connectivity index (χ3v) is 3.99. The second-order valence-electron chi connectivity index (χ2n) is 6.17. The van der Waals surface area contributed by atoms with E-state index < -0.39 is 0 Å². The van der Waals surface area contributed by atoms with Crippen LogP contribution in [0.1, 0.15) is 70.8 Å². The van der Waals surface area contributed by atoms with Crippen LogP contribution in [0.2, 0.25) is 0 Å². The van der Waals surface area contributed by atoms with Crippen LogP contribution in [0.25, 0.3) is 0 Å². The highest BCUT2D eigenvalue weighted by atomic mass is 16.5. The third kappa shape index (κ3) is 16.4. The average Bonchev–Trinajstić information content (AvgIpc) is 2.76. The molecule has 0 bridgehead atoms. The Kier molecular flexibility index (Phi) is 21.9. The molecule has 2 rings (SSSR count). The van der Waals surface area contributed by atoms with Crippen LogP contribution in [-0.2, 0) is 16.1 Å². The van der Waals surface area contributed by atoms with E-state index in [0.29, 0.717) is 26.1 Å². The number of methoxy groups -OCH3 is 1. The van der Waals surface area contributed by atoms with Gasteiger partial charge in [0.2, 0.25) is 6.41 Å². The largest absolute Gasteiger partial charge is 0.383 e. The van der Waals surface area contributed by atoms with E-state index in [2.05, 4.69) is 31.8 Å². The molecule has 0 atom stereocenters. The molecule has 164 valence electrons. The van der Waals surface area contributed by atoms with E-state index in [-0.39, 0.29) is 0 Å². The fraction of sp³-hybridized carbons (Fsp3) is 0.762. The summed E-state index contributed by atoms with van der Waals surface area (Å²) in [5.74, 6) is 1.72. The summed E-state index contributed by atoms with van der Waals surface area (Å²) in [6, 6.07) is 1.93. The van der Waals surface area contributed by atoms with Gasteiger partial charge in [0.15, 0.2) is 0 Å². The van der Waals surface area contributed by atoms with Crippen LogP contribution in [-0.4, -0.2) is 50.2 Å². The molecule has 1 aliphatic carbocycles. The van der Waals surface area contributed by atoms with E-state index in [1.807, 2.05) is 33.9 Å². The van der Waals surface area contributed by atoms with E-state index in [1.54, 1.807) is 7.11 Å². The molecule has 1 amide bonds. The van der Waals surface area contributed by atoms with Crippen LogP contribution >= 0.6 is 0 Å². The number of hydrogen-bond acceptors (Lipinski definition) is 6. The van der Waals surface area contributed by atoms with Crippen LogP contribution in [0.4, 0.5) is 5.82 Å². The number of anilines is 1. The Balaban J connectivity index is 0. The normalized spacial score (nSPS) is 12.1. The zero-order chi connectivity index (χ0) is 21.6. The summed E-state index contributed by atoms with van der Waals surface area (Å²) in [5, 5.41) is 2.44. The predicted molar refractivity (Wildman–Crippen MR) is 119 cm³/mol. The maximum absolute atomic E-state index is 9.51. The topological polar surface area (TPSA) is 93.4 Å². The molecular weight excluding hydrogens is 354 g/mol. The van der Waals surface area contributed by atoms with Gasteiger partial charge in [-0.05, 0) is 13.8 Å². The maximum atomic E-state index is 9.51. The van der Waals surface area contributed by atoms with Crippen molar-refractivity contribution >= 4 is 12.2 Å². The van der Waals surface area contributed by atoms with Crippen molar-refractivity contribution in [2.75, 3.05) is 38.8 Å². The molecule has 3 N–H and O–H groups in total. The molecule has 7 heteroatoms. The van der Waals surface area contributed by atoms with Gasteiger partial charge in [-0.25, -0.2) is 9.97 Å². The lowest BCUT2D eigenvalue weighted by Gasteiger charge is -2.16. The second-order valence-corrected chi connectivity index (χ2v) is 6.17. The molecule has 1 aliphatic rings. The molecule has 7 nitrogen and oxygen atoms in total. The lowest BCUT2D eigenvalue weighted by molar-refractivity contribution is -0.109. The zero-order valence-electron chi connectivity index (χ0n) is 19.0. The first-order valence-electron chi connectivity index (χ1n) is 10.5. The van der Waals surface area contributed by atoms with Crippen molar-refractivity contribution in [2.45, 2.75) is 72.8 Å². The Morgan fingerprint density at radius 1 is 1.18 bits per heavy atom. The van der Waals surface area contributed by atoms with Crippen molar-refractivity contribution in [3.8, 4) is 0 Å². The summed E-state index contributed by atoms with van der Waals surface area (Å²) in [5.41, 5.74) is 6.41. The minimum Gasteiger partial charge on any atom is -0.383 e. The van der Waals surface area contributed by atoms with Crippen LogP contribution in [0.15, 0.2) is 6.07 Å². The van der Waals surface area contributed by atoms with Crippen LogP contribution in [0.3, 0.4) is 0 Å². The lowest BCUT2D eigenvalue weighted by Crippen LogP contribution is -2.18. The van der Waals surface area contributed by atoms with Gasteiger partial charge in [-0.2, -0.15) is 0 Å². The van der Waals surface area contributed by atoms with Gasteiger partial charge in [0.05, 0.1) is 12.3 Å². The maximum Gasteiger partial charge on any atom is 0.207 e. The predicted octanol–water partition coefficient (Wildman–Crippen LogP) is 3.45. The Bertz CT molecular complexity index is 457. The molecule has 28 heavy (non-hydrogen) atoms. The summed E-state index contributed by atoms with van der Waals surface area (Å²) in [6.45, 7) is 10.5. The van der Waals surface area contributed by atoms with Crippen LogP contribution in [0, 0.1) is 6.92 Å². The highest BCUT2D eigenvalue weighted by Crippen LogP contribution is 2.15. The fourth-order valence-electron chi connectivity index (χ4n) is 2.35. The quantitative estimate of drug-likeness (QED) is 0.541. The van der Waals surface area contributed by atoms with E-state index in [4.69, 9.17) is 5.73 Å². The van der Waals surface area contributed by atoms with E-state index >= 15 is 0 Å². The minimum absolute atomic E-state index is 0.466. The molecule has 0 aliphatic heterocycles. The van der Waals surface area contributed by atoms with Gasteiger partial charge in [-0.1, -0.05) is 52.4 Å². The average molecular weight is 398 g/mol. The van der Waals surface area contributed by atoms with Crippen molar-refractivity contribution < 1.29 is 9.53 Å². The SMILES string of the molecule is C1CCCCC1.CC.CCN(C)c1cc(CN)nc(C)n1.COCCNC=O. The molecule has 0 spiro atoms. The first-order valence-corrected chi connectivity index (χ1v) is 10.5. The summed E-state index contributed by atoms with van der Waals surface area (Å²) < 4.78 is 4.62. The number of nitrogens with two attached hydrogens (primary N) is 1. The summed E-state index contributed by atoms with van der Waals surface area (Å²) in [6.07, 6.45) is 9.65. The molecule has 0 radical (unpaired) electrons. The standard InChI is InChI=1S/C9H16N4.C6H12.C4H9NO2.C2H6/c1-4-13(3)9-5-8(6-10)11-7(2)12-9;1-2-4-6-5-3-1;1-7-3-2-5-4-6;1-2/h5H,4,6,10H2,1-3H3;1-6H2;4H,2-3H2,1H3,(H,5,6);1-2H3. The number of aromatic nitrogens is 2. The monoisotopic (exact) mass is 397 g/mol. The molecule has 1 fully saturated rings. The highest BCUT2D eigenvalue weighted by Gasteiger charge is 2.03. The van der Waals surface area contributed by atoms with Gasteiger partial charge in [0.25, 0.3) is 0 Å². The van der Waals surface area contributed by atoms with Crippen LogP contribution in [0.5, 0.6) is 0 Å². The van der Waals surface area contributed by atoms with Gasteiger partial charge < -0.3 is 20.7 Å². The first kappa shape index (κ1) is 28.5. The van der Waals surface area contributed by atoms with Crippen molar-refractivity contribution in [3.05, 3.63) is 17.6 Å². The lowest BCUT2D eigenvalue weighted by atomic mass is 10.0. The molecule has 1 aromatic heterocycles. The smallest absolute Gasteiger partial charge is 0.207 e. The van der Waals surface area contributed by atoms with Gasteiger partial charge in [-0.15, -0.1) is 0 Å². The van der Waals surface area contributed by atoms with Crippen LogP contribution < -0.4 is 16.0 Å². The zero-order valence-corrected chi connectivity index (χ0v) is 19.0. The Morgan fingerprint density at radius 3 is 2.11 bits per heavy atom. The Hall–Kier alpha value is -1.73. The molecule has 1 saturated carbocycles. The highest BCUT2D eigenvalue weighted by molar-refractivity contribution is 5.45. The Morgan fingerprint density at radius 2 is 1.71 bits per heavy atom. The number of rotatable bonds is 7. The molecule has 1 heterocycles. The number of carbonyl (C=O) groups is 1. The number of amides is 1. The van der Waals surface area contributed by atoms with E-state index in [1.165, 1.54) is 38.5 Å². The number of hydrogen-bond donors (Lipinski definition) is 2. The van der Waals surface area contributed by atoms with Crippen molar-refractivity contribution in [3.63, 3.8) is 0 Å². The second kappa shape index (κ2) is 21.6. The van der Waals surface area contributed by atoms with Gasteiger partial charge in [0, 0.05) is 39.9 Å². The van der Waals surface area contributed by atoms with Gasteiger partial charge in [0.1, 0.15) is 11.6 Å². The molecule has 0 saturated heterocycles. The number of nitrogens with zero attached hydrogens (tertiary/aromatic N) is 3. The Labute approximate surface area is 172 Å². The summed E-state index contributed by atoms with van der Waals surface area (Å²) in [7, 11) is 3.59. The third-order valence-electron chi connectivity index (χ3n) is 3.99. The number of nitrogens with one attached hydrogen (secondary N) is 1. The minimum atomic E-state index is 0.466. The number of aryl methyl sites for hydroxylation is 1. The molecular formula is C21H43N5O2. The van der Waals surface area contributed by atoms with Crippen molar-refractivity contribution in [1.29, 1.82) is 0 Å². The van der Waals surface area contributed by atoms with E-state index in [9.17, 15) is 4.79 Å². The number of carbonyl (C=O) groups excluding carboxylic acids is 1.